The third kappa shape index (κ3) is 4.96. The molecule has 0 saturated carbocycles. The van der Waals surface area contributed by atoms with Crippen LogP contribution in [0, 0.1) is 0 Å². The lowest BCUT2D eigenvalue weighted by molar-refractivity contribution is -0.117. The molecular formula is C24H30N4O4. The normalized spacial score (nSPS) is 19.2. The summed E-state index contributed by atoms with van der Waals surface area (Å²) < 4.78 is 10.6. The number of hydrogen-bond donors (Lipinski definition) is 1. The molecule has 0 aliphatic carbocycles. The molecule has 2 fully saturated rings. The SMILES string of the molecule is COc1ccc(N2C[C@@H](NC(=O)N3CCN(Cc4ccccc4)CC3)CC2=O)cc1OC. The molecule has 2 aliphatic heterocycles. The molecule has 0 radical (unpaired) electrons. The minimum atomic E-state index is -0.217. The zero-order valence-electron chi connectivity index (χ0n) is 18.6. The van der Waals surface area contributed by atoms with Crippen LogP contribution in [-0.2, 0) is 11.3 Å². The van der Waals surface area contributed by atoms with Crippen LogP contribution in [-0.4, -0.2) is 74.7 Å². The molecule has 0 bridgehead atoms. The maximum atomic E-state index is 12.8. The Kier molecular flexibility index (Phi) is 6.80. The highest BCUT2D eigenvalue weighted by Crippen LogP contribution is 2.33. The van der Waals surface area contributed by atoms with Crippen molar-refractivity contribution < 1.29 is 19.1 Å². The first-order valence-corrected chi connectivity index (χ1v) is 10.9. The fraction of sp³-hybridized carbons (Fsp3) is 0.417. The van der Waals surface area contributed by atoms with Gasteiger partial charge in [0.05, 0.1) is 20.3 Å². The summed E-state index contributed by atoms with van der Waals surface area (Å²) in [7, 11) is 3.14. The summed E-state index contributed by atoms with van der Waals surface area (Å²) in [5, 5.41) is 3.04. The molecule has 8 heteroatoms. The Morgan fingerprint density at radius 3 is 2.41 bits per heavy atom. The molecule has 0 unspecified atom stereocenters. The van der Waals surface area contributed by atoms with E-state index in [0.717, 1.165) is 25.3 Å². The van der Waals surface area contributed by atoms with Crippen molar-refractivity contribution in [2.75, 3.05) is 51.8 Å². The van der Waals surface area contributed by atoms with Gasteiger partial charge in [-0.05, 0) is 17.7 Å². The second kappa shape index (κ2) is 9.91. The van der Waals surface area contributed by atoms with Crippen LogP contribution in [0.3, 0.4) is 0 Å². The van der Waals surface area contributed by atoms with Gasteiger partial charge < -0.3 is 24.6 Å². The third-order valence-electron chi connectivity index (χ3n) is 6.04. The second-order valence-electron chi connectivity index (χ2n) is 8.14. The summed E-state index contributed by atoms with van der Waals surface area (Å²) in [6.45, 7) is 4.37. The van der Waals surface area contributed by atoms with Gasteiger partial charge in [0.2, 0.25) is 5.91 Å². The Balaban J connectivity index is 1.29. The minimum absolute atomic E-state index is 0.0183. The van der Waals surface area contributed by atoms with E-state index in [1.807, 2.05) is 29.2 Å². The number of benzene rings is 2. The van der Waals surface area contributed by atoms with Crippen molar-refractivity contribution in [2.24, 2.45) is 0 Å². The van der Waals surface area contributed by atoms with Crippen molar-refractivity contribution in [3.63, 3.8) is 0 Å². The van der Waals surface area contributed by atoms with Crippen LogP contribution in [0.25, 0.3) is 0 Å². The van der Waals surface area contributed by atoms with Crippen molar-refractivity contribution >= 4 is 17.6 Å². The first-order valence-electron chi connectivity index (χ1n) is 10.9. The van der Waals surface area contributed by atoms with Crippen molar-refractivity contribution in [3.8, 4) is 11.5 Å². The van der Waals surface area contributed by atoms with E-state index in [4.69, 9.17) is 9.47 Å². The van der Waals surface area contributed by atoms with Crippen LogP contribution in [0.5, 0.6) is 11.5 Å². The molecule has 2 aliphatic rings. The molecule has 4 rings (SSSR count). The molecule has 1 atom stereocenters. The maximum absolute atomic E-state index is 12.8. The molecule has 2 aromatic carbocycles. The molecule has 0 aromatic heterocycles. The Morgan fingerprint density at radius 2 is 1.72 bits per heavy atom. The van der Waals surface area contributed by atoms with E-state index in [1.165, 1.54) is 5.56 Å². The van der Waals surface area contributed by atoms with Crippen LogP contribution >= 0.6 is 0 Å². The lowest BCUT2D eigenvalue weighted by Crippen LogP contribution is -2.53. The van der Waals surface area contributed by atoms with E-state index < -0.39 is 0 Å². The Bertz CT molecular complexity index is 944. The number of urea groups is 1. The largest absolute Gasteiger partial charge is 0.493 e. The summed E-state index contributed by atoms with van der Waals surface area (Å²) in [5.74, 6) is 1.16. The number of hydrogen-bond acceptors (Lipinski definition) is 5. The predicted molar refractivity (Wildman–Crippen MR) is 122 cm³/mol. The molecule has 8 nitrogen and oxygen atoms in total. The lowest BCUT2D eigenvalue weighted by Gasteiger charge is -2.35. The van der Waals surface area contributed by atoms with Crippen LogP contribution in [0.15, 0.2) is 48.5 Å². The Hall–Kier alpha value is -3.26. The van der Waals surface area contributed by atoms with Gasteiger partial charge in [-0.3, -0.25) is 9.69 Å². The van der Waals surface area contributed by atoms with E-state index in [9.17, 15) is 9.59 Å². The summed E-state index contributed by atoms with van der Waals surface area (Å²) in [6.07, 6.45) is 0.286. The first kappa shape index (κ1) is 22.0. The maximum Gasteiger partial charge on any atom is 0.317 e. The van der Waals surface area contributed by atoms with Gasteiger partial charge in [-0.1, -0.05) is 30.3 Å². The smallest absolute Gasteiger partial charge is 0.317 e. The van der Waals surface area contributed by atoms with Crippen molar-refractivity contribution in [2.45, 2.75) is 19.0 Å². The standard InChI is InChI=1S/C24H30N4O4/c1-31-21-9-8-20(15-22(21)32-2)28-17-19(14-23(28)29)25-24(30)27-12-10-26(11-13-27)16-18-6-4-3-5-7-18/h3-9,15,19H,10-14,16-17H2,1-2H3,(H,25,30)/t19-/m0/s1. The molecule has 3 amide bonds. The van der Waals surface area contributed by atoms with Gasteiger partial charge >= 0.3 is 6.03 Å². The van der Waals surface area contributed by atoms with Crippen molar-refractivity contribution in [1.82, 2.24) is 15.1 Å². The van der Waals surface area contributed by atoms with Gasteiger partial charge in [-0.2, -0.15) is 0 Å². The molecule has 2 aromatic rings. The van der Waals surface area contributed by atoms with Gasteiger partial charge in [-0.15, -0.1) is 0 Å². The van der Waals surface area contributed by atoms with Gasteiger partial charge in [0, 0.05) is 57.4 Å². The number of rotatable bonds is 6. The number of methoxy groups -OCH3 is 2. The molecule has 2 heterocycles. The third-order valence-corrected chi connectivity index (χ3v) is 6.04. The highest BCUT2D eigenvalue weighted by Gasteiger charge is 2.33. The van der Waals surface area contributed by atoms with E-state index >= 15 is 0 Å². The lowest BCUT2D eigenvalue weighted by atomic mass is 10.2. The number of carbonyl (C=O) groups is 2. The highest BCUT2D eigenvalue weighted by molar-refractivity contribution is 5.97. The number of piperazine rings is 1. The molecular weight excluding hydrogens is 408 g/mol. The monoisotopic (exact) mass is 438 g/mol. The summed E-state index contributed by atoms with van der Waals surface area (Å²) in [6, 6.07) is 15.4. The van der Waals surface area contributed by atoms with E-state index in [1.54, 1.807) is 31.3 Å². The van der Waals surface area contributed by atoms with Crippen LogP contribution < -0.4 is 19.7 Å². The average molecular weight is 439 g/mol. The fourth-order valence-electron chi connectivity index (χ4n) is 4.26. The molecule has 2 saturated heterocycles. The van der Waals surface area contributed by atoms with Gasteiger partial charge in [0.25, 0.3) is 0 Å². The zero-order valence-corrected chi connectivity index (χ0v) is 18.6. The summed E-state index contributed by atoms with van der Waals surface area (Å²) in [5.41, 5.74) is 2.02. The highest BCUT2D eigenvalue weighted by atomic mass is 16.5. The second-order valence-corrected chi connectivity index (χ2v) is 8.14. The van der Waals surface area contributed by atoms with E-state index in [0.29, 0.717) is 31.1 Å². The number of nitrogens with one attached hydrogen (secondary N) is 1. The Morgan fingerprint density at radius 1 is 1.00 bits per heavy atom. The Labute approximate surface area is 188 Å². The number of anilines is 1. The summed E-state index contributed by atoms with van der Waals surface area (Å²) >= 11 is 0. The zero-order chi connectivity index (χ0) is 22.5. The number of amides is 3. The fourth-order valence-corrected chi connectivity index (χ4v) is 4.26. The number of carbonyl (C=O) groups excluding carboxylic acids is 2. The molecule has 0 spiro atoms. The minimum Gasteiger partial charge on any atom is -0.493 e. The number of nitrogens with zero attached hydrogens (tertiary/aromatic N) is 3. The summed E-state index contributed by atoms with van der Waals surface area (Å²) in [4.78, 5) is 31.3. The van der Waals surface area contributed by atoms with E-state index in [2.05, 4.69) is 22.3 Å². The van der Waals surface area contributed by atoms with Crippen molar-refractivity contribution in [3.05, 3.63) is 54.1 Å². The molecule has 32 heavy (non-hydrogen) atoms. The van der Waals surface area contributed by atoms with Gasteiger partial charge in [-0.25, -0.2) is 4.79 Å². The van der Waals surface area contributed by atoms with Crippen LogP contribution in [0.4, 0.5) is 10.5 Å². The topological polar surface area (TPSA) is 74.4 Å². The van der Waals surface area contributed by atoms with Crippen molar-refractivity contribution in [1.29, 1.82) is 0 Å². The predicted octanol–water partition coefficient (Wildman–Crippen LogP) is 2.34. The molecule has 170 valence electrons. The molecule has 1 N–H and O–H groups in total. The number of ether oxygens (including phenoxy) is 2. The van der Waals surface area contributed by atoms with Crippen LogP contribution in [0.1, 0.15) is 12.0 Å². The van der Waals surface area contributed by atoms with E-state index in [-0.39, 0.29) is 24.4 Å². The van der Waals surface area contributed by atoms with Crippen LogP contribution in [0.2, 0.25) is 0 Å². The van der Waals surface area contributed by atoms with Gasteiger partial charge in [0.15, 0.2) is 11.5 Å². The van der Waals surface area contributed by atoms with Gasteiger partial charge in [0.1, 0.15) is 0 Å². The average Bonchev–Trinajstić information content (AvgIpc) is 3.19. The first-order chi connectivity index (χ1) is 15.6. The quantitative estimate of drug-likeness (QED) is 0.750.